The Hall–Kier alpha value is -3.25. The van der Waals surface area contributed by atoms with Gasteiger partial charge in [0.25, 0.3) is 5.89 Å². The normalized spacial score (nSPS) is 14.6. The fourth-order valence-corrected chi connectivity index (χ4v) is 3.63. The van der Waals surface area contributed by atoms with Crippen molar-refractivity contribution in [2.75, 3.05) is 29.6 Å². The zero-order valence-corrected chi connectivity index (χ0v) is 16.6. The van der Waals surface area contributed by atoms with Crippen LogP contribution >= 0.6 is 11.8 Å². The van der Waals surface area contributed by atoms with Crippen LogP contribution in [-0.4, -0.2) is 35.2 Å². The molecular weight excluding hydrogens is 390 g/mol. The summed E-state index contributed by atoms with van der Waals surface area (Å²) in [4.78, 5) is 23.0. The number of rotatable bonds is 5. The van der Waals surface area contributed by atoms with Crippen LogP contribution in [0, 0.1) is 17.2 Å². The standard InChI is InChI=1S/C20H19N5O3S/c1-29-17-5-4-14(12-22-17)23-18(26)13-6-8-25(9-7-13)20-15(11-21)24-19(28-20)16-3-2-10-27-16/h2-5,10,12-13H,6-9H2,1H3,(H,23,26). The van der Waals surface area contributed by atoms with E-state index in [-0.39, 0.29) is 23.4 Å². The number of piperidine rings is 1. The largest absolute Gasteiger partial charge is 0.459 e. The third-order valence-electron chi connectivity index (χ3n) is 4.81. The van der Waals surface area contributed by atoms with E-state index in [0.717, 1.165) is 5.03 Å². The highest BCUT2D eigenvalue weighted by Gasteiger charge is 2.29. The zero-order chi connectivity index (χ0) is 20.2. The molecule has 29 heavy (non-hydrogen) atoms. The molecule has 0 bridgehead atoms. The van der Waals surface area contributed by atoms with Crippen LogP contribution < -0.4 is 10.2 Å². The second-order valence-corrected chi connectivity index (χ2v) is 7.43. The van der Waals surface area contributed by atoms with Crippen molar-refractivity contribution in [2.45, 2.75) is 17.9 Å². The maximum absolute atomic E-state index is 12.6. The zero-order valence-electron chi connectivity index (χ0n) is 15.8. The molecule has 1 N–H and O–H groups in total. The number of nitrogens with one attached hydrogen (secondary N) is 1. The maximum Gasteiger partial charge on any atom is 0.266 e. The predicted molar refractivity (Wildman–Crippen MR) is 109 cm³/mol. The van der Waals surface area contributed by atoms with Crippen molar-refractivity contribution in [1.29, 1.82) is 5.26 Å². The summed E-state index contributed by atoms with van der Waals surface area (Å²) in [6.07, 6.45) is 6.47. The van der Waals surface area contributed by atoms with Crippen LogP contribution in [0.15, 0.2) is 50.6 Å². The Kier molecular flexibility index (Phi) is 5.53. The van der Waals surface area contributed by atoms with Crippen LogP contribution in [0.5, 0.6) is 0 Å². The van der Waals surface area contributed by atoms with Crippen LogP contribution in [0.2, 0.25) is 0 Å². The molecule has 4 heterocycles. The minimum Gasteiger partial charge on any atom is -0.459 e. The van der Waals surface area contributed by atoms with Gasteiger partial charge in [0.15, 0.2) is 5.76 Å². The van der Waals surface area contributed by atoms with Gasteiger partial charge in [0, 0.05) is 19.0 Å². The summed E-state index contributed by atoms with van der Waals surface area (Å²) in [6, 6.07) is 9.28. The first-order chi connectivity index (χ1) is 14.2. The summed E-state index contributed by atoms with van der Waals surface area (Å²) >= 11 is 1.55. The number of amides is 1. The van der Waals surface area contributed by atoms with Crippen molar-refractivity contribution in [2.24, 2.45) is 5.92 Å². The lowest BCUT2D eigenvalue weighted by Gasteiger charge is -2.30. The summed E-state index contributed by atoms with van der Waals surface area (Å²) in [7, 11) is 0. The number of anilines is 2. The van der Waals surface area contributed by atoms with E-state index in [0.29, 0.717) is 43.3 Å². The van der Waals surface area contributed by atoms with E-state index in [1.54, 1.807) is 30.1 Å². The highest BCUT2D eigenvalue weighted by molar-refractivity contribution is 7.98. The number of carbonyl (C=O) groups excluding carboxylic acids is 1. The third kappa shape index (κ3) is 4.12. The van der Waals surface area contributed by atoms with Gasteiger partial charge in [0.1, 0.15) is 6.07 Å². The van der Waals surface area contributed by atoms with Gasteiger partial charge in [0.2, 0.25) is 17.5 Å². The van der Waals surface area contributed by atoms with Crippen LogP contribution in [-0.2, 0) is 4.79 Å². The molecule has 9 heteroatoms. The third-order valence-corrected chi connectivity index (χ3v) is 5.47. The van der Waals surface area contributed by atoms with E-state index in [1.807, 2.05) is 23.3 Å². The second-order valence-electron chi connectivity index (χ2n) is 6.60. The molecule has 0 saturated carbocycles. The highest BCUT2D eigenvalue weighted by atomic mass is 32.2. The Morgan fingerprint density at radius 1 is 1.34 bits per heavy atom. The number of hydrogen-bond acceptors (Lipinski definition) is 8. The average molecular weight is 409 g/mol. The lowest BCUT2D eigenvalue weighted by atomic mass is 9.96. The summed E-state index contributed by atoms with van der Waals surface area (Å²) < 4.78 is 11.1. The number of nitrogens with zero attached hydrogens (tertiary/aromatic N) is 4. The van der Waals surface area contributed by atoms with E-state index in [4.69, 9.17) is 8.83 Å². The number of hydrogen-bond donors (Lipinski definition) is 1. The number of furan rings is 1. The Morgan fingerprint density at radius 3 is 2.79 bits per heavy atom. The predicted octanol–water partition coefficient (Wildman–Crippen LogP) is 3.78. The molecule has 1 aliphatic rings. The Labute approximate surface area is 171 Å². The molecule has 0 radical (unpaired) electrons. The van der Waals surface area contributed by atoms with Crippen molar-refractivity contribution in [3.63, 3.8) is 0 Å². The number of aromatic nitrogens is 2. The van der Waals surface area contributed by atoms with Gasteiger partial charge in [-0.2, -0.15) is 10.2 Å². The van der Waals surface area contributed by atoms with Gasteiger partial charge in [-0.3, -0.25) is 4.79 Å². The van der Waals surface area contributed by atoms with Crippen molar-refractivity contribution in [3.05, 3.63) is 42.4 Å². The number of nitriles is 1. The van der Waals surface area contributed by atoms with Crippen molar-refractivity contribution >= 4 is 29.2 Å². The smallest absolute Gasteiger partial charge is 0.266 e. The van der Waals surface area contributed by atoms with Crippen molar-refractivity contribution < 1.29 is 13.6 Å². The van der Waals surface area contributed by atoms with Crippen LogP contribution in [0.3, 0.4) is 0 Å². The first-order valence-corrected chi connectivity index (χ1v) is 10.4. The molecule has 1 saturated heterocycles. The highest BCUT2D eigenvalue weighted by Crippen LogP contribution is 2.31. The summed E-state index contributed by atoms with van der Waals surface area (Å²) in [6.45, 7) is 1.20. The Morgan fingerprint density at radius 2 is 2.17 bits per heavy atom. The minimum absolute atomic E-state index is 0.0160. The molecule has 148 valence electrons. The average Bonchev–Trinajstić information content (AvgIpc) is 3.44. The Balaban J connectivity index is 1.39. The number of carbonyl (C=O) groups is 1. The molecule has 1 aliphatic heterocycles. The SMILES string of the molecule is CSc1ccc(NC(=O)C2CCN(c3oc(-c4ccco4)nc3C#N)CC2)cn1. The molecule has 1 fully saturated rings. The summed E-state index contributed by atoms with van der Waals surface area (Å²) in [5.74, 6) is 1.06. The van der Waals surface area contributed by atoms with Crippen molar-refractivity contribution in [3.8, 4) is 17.7 Å². The fraction of sp³-hybridized carbons (Fsp3) is 0.300. The molecule has 0 unspecified atom stereocenters. The Bertz CT molecular complexity index is 1020. The van der Waals surface area contributed by atoms with Gasteiger partial charge in [-0.25, -0.2) is 4.98 Å². The lowest BCUT2D eigenvalue weighted by Crippen LogP contribution is -2.38. The van der Waals surface area contributed by atoms with Gasteiger partial charge in [-0.1, -0.05) is 0 Å². The van der Waals surface area contributed by atoms with Gasteiger partial charge in [-0.05, 0) is 43.4 Å². The molecule has 3 aromatic heterocycles. The van der Waals surface area contributed by atoms with Gasteiger partial charge in [-0.15, -0.1) is 11.8 Å². The van der Waals surface area contributed by atoms with Gasteiger partial charge >= 0.3 is 0 Å². The first-order valence-electron chi connectivity index (χ1n) is 9.18. The number of pyridine rings is 1. The van der Waals surface area contributed by atoms with Crippen LogP contribution in [0.1, 0.15) is 18.5 Å². The monoisotopic (exact) mass is 409 g/mol. The van der Waals surface area contributed by atoms with Gasteiger partial charge in [0.05, 0.1) is 23.2 Å². The van der Waals surface area contributed by atoms with Gasteiger partial charge < -0.3 is 19.1 Å². The van der Waals surface area contributed by atoms with E-state index >= 15 is 0 Å². The minimum atomic E-state index is -0.107. The van der Waals surface area contributed by atoms with Crippen LogP contribution in [0.4, 0.5) is 11.6 Å². The van der Waals surface area contributed by atoms with E-state index in [9.17, 15) is 10.1 Å². The summed E-state index contributed by atoms with van der Waals surface area (Å²) in [5.41, 5.74) is 0.916. The van der Waals surface area contributed by atoms with E-state index < -0.39 is 0 Å². The maximum atomic E-state index is 12.6. The first kappa shape index (κ1) is 19.1. The number of oxazole rings is 1. The number of thioether (sulfide) groups is 1. The molecule has 8 nitrogen and oxygen atoms in total. The van der Waals surface area contributed by atoms with Crippen molar-refractivity contribution in [1.82, 2.24) is 9.97 Å². The molecule has 3 aromatic rings. The fourth-order valence-electron chi connectivity index (χ4n) is 3.27. The molecule has 0 aliphatic carbocycles. The quantitative estimate of drug-likeness (QED) is 0.634. The lowest BCUT2D eigenvalue weighted by molar-refractivity contribution is -0.120. The van der Waals surface area contributed by atoms with Crippen LogP contribution in [0.25, 0.3) is 11.7 Å². The molecule has 0 atom stereocenters. The molecule has 0 aromatic carbocycles. The molecule has 4 rings (SSSR count). The second kappa shape index (κ2) is 8.41. The molecule has 1 amide bonds. The molecule has 0 spiro atoms. The topological polar surface area (TPSA) is 108 Å². The summed E-state index contributed by atoms with van der Waals surface area (Å²) in [5, 5.41) is 13.2. The van der Waals surface area contributed by atoms with E-state index in [1.165, 1.54) is 6.26 Å². The molecular formula is C20H19N5O3S. The van der Waals surface area contributed by atoms with E-state index in [2.05, 4.69) is 21.4 Å².